The van der Waals surface area contributed by atoms with E-state index in [4.69, 9.17) is 4.74 Å². The molecule has 0 amide bonds. The molecule has 1 aliphatic rings. The number of aromatic nitrogens is 2. The number of methoxy groups -OCH3 is 1. The van der Waals surface area contributed by atoms with Crippen molar-refractivity contribution in [3.63, 3.8) is 0 Å². The number of rotatable bonds is 5. The largest absolute Gasteiger partial charge is 0.493 e. The average Bonchev–Trinajstić information content (AvgIpc) is 3.01. The Hall–Kier alpha value is -1.03. The Kier molecular flexibility index (Phi) is 2.93. The van der Waals surface area contributed by atoms with Crippen LogP contribution >= 0.6 is 0 Å². The van der Waals surface area contributed by atoms with Crippen LogP contribution < -0.4 is 4.74 Å². The second-order valence-electron chi connectivity index (χ2n) is 4.71. The summed E-state index contributed by atoms with van der Waals surface area (Å²) in [6, 6.07) is 0. The predicted molar refractivity (Wildman–Crippen MR) is 61.4 cm³/mol. The molecule has 1 aliphatic carbocycles. The first-order valence-electron chi connectivity index (χ1n) is 5.93. The molecule has 1 atom stereocenters. The van der Waals surface area contributed by atoms with Gasteiger partial charge in [0.25, 0.3) is 0 Å². The number of ether oxygens (including phenoxy) is 1. The Balaban J connectivity index is 2.38. The van der Waals surface area contributed by atoms with E-state index >= 15 is 0 Å². The Morgan fingerprint density at radius 3 is 2.81 bits per heavy atom. The van der Waals surface area contributed by atoms with Crippen molar-refractivity contribution >= 4 is 0 Å². The highest BCUT2D eigenvalue weighted by Gasteiger charge is 2.45. The van der Waals surface area contributed by atoms with E-state index in [1.165, 1.54) is 0 Å². The van der Waals surface area contributed by atoms with Gasteiger partial charge in [-0.05, 0) is 32.1 Å². The van der Waals surface area contributed by atoms with Crippen LogP contribution in [0.2, 0.25) is 0 Å². The van der Waals surface area contributed by atoms with Crippen LogP contribution in [0.25, 0.3) is 0 Å². The highest BCUT2D eigenvalue weighted by atomic mass is 16.5. The van der Waals surface area contributed by atoms with Crippen molar-refractivity contribution in [1.82, 2.24) is 9.78 Å². The monoisotopic (exact) mass is 224 g/mol. The van der Waals surface area contributed by atoms with Crippen LogP contribution in [0.1, 0.15) is 38.8 Å². The van der Waals surface area contributed by atoms with E-state index < -0.39 is 5.60 Å². The predicted octanol–water partition coefficient (Wildman–Crippen LogP) is 1.92. The van der Waals surface area contributed by atoms with Crippen molar-refractivity contribution < 1.29 is 9.84 Å². The number of aliphatic hydroxyl groups is 1. The summed E-state index contributed by atoms with van der Waals surface area (Å²) in [4.78, 5) is 0. The second-order valence-corrected chi connectivity index (χ2v) is 4.71. The summed E-state index contributed by atoms with van der Waals surface area (Å²) in [5, 5.41) is 14.9. The van der Waals surface area contributed by atoms with Crippen molar-refractivity contribution in [3.8, 4) is 5.75 Å². The van der Waals surface area contributed by atoms with Gasteiger partial charge in [-0.25, -0.2) is 0 Å². The SMILES string of the molecule is CCCn1ncc(OC)c1C(C)(O)C1CC1. The molecule has 2 rings (SSSR count). The van der Waals surface area contributed by atoms with Crippen LogP contribution in [0, 0.1) is 5.92 Å². The van der Waals surface area contributed by atoms with Crippen molar-refractivity contribution in [3.05, 3.63) is 11.9 Å². The molecule has 0 bridgehead atoms. The lowest BCUT2D eigenvalue weighted by Crippen LogP contribution is -2.28. The molecule has 1 unspecified atom stereocenters. The van der Waals surface area contributed by atoms with Crippen LogP contribution in [0.15, 0.2) is 6.20 Å². The molecule has 1 heterocycles. The first kappa shape index (κ1) is 11.5. The van der Waals surface area contributed by atoms with Gasteiger partial charge in [-0.15, -0.1) is 0 Å². The Morgan fingerprint density at radius 1 is 1.62 bits per heavy atom. The fraction of sp³-hybridized carbons (Fsp3) is 0.750. The number of hydrogen-bond donors (Lipinski definition) is 1. The zero-order valence-electron chi connectivity index (χ0n) is 10.2. The Labute approximate surface area is 96.2 Å². The van der Waals surface area contributed by atoms with Gasteiger partial charge in [-0.1, -0.05) is 6.92 Å². The Bertz CT molecular complexity index is 367. The van der Waals surface area contributed by atoms with E-state index in [-0.39, 0.29) is 0 Å². The van der Waals surface area contributed by atoms with Gasteiger partial charge >= 0.3 is 0 Å². The molecule has 1 saturated carbocycles. The summed E-state index contributed by atoms with van der Waals surface area (Å²) in [5.74, 6) is 1.05. The molecule has 1 fully saturated rings. The fourth-order valence-corrected chi connectivity index (χ4v) is 2.25. The van der Waals surface area contributed by atoms with Crippen LogP contribution in [-0.2, 0) is 12.1 Å². The van der Waals surface area contributed by atoms with Gasteiger partial charge in [0.05, 0.1) is 13.3 Å². The molecule has 1 N–H and O–H groups in total. The van der Waals surface area contributed by atoms with E-state index in [0.29, 0.717) is 11.7 Å². The zero-order valence-corrected chi connectivity index (χ0v) is 10.2. The minimum absolute atomic E-state index is 0.355. The van der Waals surface area contributed by atoms with Crippen LogP contribution in [0.5, 0.6) is 5.75 Å². The molecule has 0 radical (unpaired) electrons. The third-order valence-corrected chi connectivity index (χ3v) is 3.31. The van der Waals surface area contributed by atoms with Crippen LogP contribution in [0.3, 0.4) is 0 Å². The van der Waals surface area contributed by atoms with Crippen LogP contribution in [0.4, 0.5) is 0 Å². The van der Waals surface area contributed by atoms with E-state index in [0.717, 1.165) is 31.5 Å². The first-order valence-corrected chi connectivity index (χ1v) is 5.93. The van der Waals surface area contributed by atoms with Gasteiger partial charge in [0.1, 0.15) is 11.3 Å². The van der Waals surface area contributed by atoms with Crippen molar-refractivity contribution in [2.24, 2.45) is 5.92 Å². The van der Waals surface area contributed by atoms with Gasteiger partial charge in [-0.3, -0.25) is 4.68 Å². The molecule has 16 heavy (non-hydrogen) atoms. The summed E-state index contributed by atoms with van der Waals surface area (Å²) >= 11 is 0. The summed E-state index contributed by atoms with van der Waals surface area (Å²) in [5.41, 5.74) is 0.0242. The van der Waals surface area contributed by atoms with Crippen molar-refractivity contribution in [1.29, 1.82) is 0 Å². The maximum Gasteiger partial charge on any atom is 0.162 e. The van der Waals surface area contributed by atoms with Gasteiger partial charge < -0.3 is 9.84 Å². The van der Waals surface area contributed by atoms with Gasteiger partial charge in [0.2, 0.25) is 0 Å². The topological polar surface area (TPSA) is 47.3 Å². The summed E-state index contributed by atoms with van der Waals surface area (Å²) in [7, 11) is 1.62. The van der Waals surface area contributed by atoms with Crippen LogP contribution in [-0.4, -0.2) is 22.0 Å². The molecular formula is C12H20N2O2. The molecule has 1 aromatic heterocycles. The second kappa shape index (κ2) is 4.09. The fourth-order valence-electron chi connectivity index (χ4n) is 2.25. The third kappa shape index (κ3) is 1.82. The van der Waals surface area contributed by atoms with Crippen molar-refractivity contribution in [2.45, 2.75) is 45.3 Å². The lowest BCUT2D eigenvalue weighted by molar-refractivity contribution is 0.0214. The zero-order chi connectivity index (χ0) is 11.8. The van der Waals surface area contributed by atoms with E-state index in [2.05, 4.69) is 12.0 Å². The smallest absolute Gasteiger partial charge is 0.162 e. The van der Waals surface area contributed by atoms with Gasteiger partial charge in [-0.2, -0.15) is 5.10 Å². The van der Waals surface area contributed by atoms with E-state index in [1.54, 1.807) is 13.3 Å². The van der Waals surface area contributed by atoms with E-state index in [1.807, 2.05) is 11.6 Å². The normalized spacial score (nSPS) is 19.5. The average molecular weight is 224 g/mol. The number of hydrogen-bond acceptors (Lipinski definition) is 3. The highest BCUT2D eigenvalue weighted by Crippen LogP contribution is 2.47. The summed E-state index contributed by atoms with van der Waals surface area (Å²) < 4.78 is 7.17. The van der Waals surface area contributed by atoms with E-state index in [9.17, 15) is 5.11 Å². The Morgan fingerprint density at radius 2 is 2.31 bits per heavy atom. The van der Waals surface area contributed by atoms with Crippen molar-refractivity contribution in [2.75, 3.05) is 7.11 Å². The number of aryl methyl sites for hydroxylation is 1. The van der Waals surface area contributed by atoms with Gasteiger partial charge in [0, 0.05) is 6.54 Å². The molecule has 4 heteroatoms. The lowest BCUT2D eigenvalue weighted by Gasteiger charge is -2.25. The highest BCUT2D eigenvalue weighted by molar-refractivity contribution is 5.32. The maximum atomic E-state index is 10.6. The minimum atomic E-state index is -0.809. The third-order valence-electron chi connectivity index (χ3n) is 3.31. The molecule has 90 valence electrons. The molecule has 0 spiro atoms. The lowest BCUT2D eigenvalue weighted by atomic mass is 9.95. The van der Waals surface area contributed by atoms with Gasteiger partial charge in [0.15, 0.2) is 5.75 Å². The molecule has 1 aromatic rings. The first-order chi connectivity index (χ1) is 7.61. The summed E-state index contributed by atoms with van der Waals surface area (Å²) in [6.07, 6.45) is 4.88. The maximum absolute atomic E-state index is 10.6. The molecule has 0 aliphatic heterocycles. The molecule has 0 aromatic carbocycles. The molecule has 0 saturated heterocycles. The molecular weight excluding hydrogens is 204 g/mol. The molecule has 4 nitrogen and oxygen atoms in total. The summed E-state index contributed by atoms with van der Waals surface area (Å²) in [6.45, 7) is 4.79. The minimum Gasteiger partial charge on any atom is -0.493 e. The number of nitrogens with zero attached hydrogens (tertiary/aromatic N) is 2. The standard InChI is InChI=1S/C12H20N2O2/c1-4-7-14-11(10(16-3)8-13-14)12(2,15)9-5-6-9/h8-9,15H,4-7H2,1-3H3. The quantitative estimate of drug-likeness (QED) is 0.831.